The SMILES string of the molecule is Cc1ccc(-c2ccc(-c3c4c(c(-c5ccc(-c6ccc(SC(F)(F)F)c(F)c6)s5)c5nsnc35)N=S=N4)s2)cc1F. The monoisotopic (exact) mass is 660 g/mol. The molecule has 1 aliphatic heterocycles. The highest BCUT2D eigenvalue weighted by molar-refractivity contribution is 8.00. The van der Waals surface area contributed by atoms with Gasteiger partial charge < -0.3 is 0 Å². The number of halogens is 5. The summed E-state index contributed by atoms with van der Waals surface area (Å²) in [5.41, 5.74) is 1.39. The van der Waals surface area contributed by atoms with Crippen LogP contribution >= 0.6 is 46.2 Å². The molecule has 0 spiro atoms. The molecule has 0 N–H and O–H groups in total. The maximum Gasteiger partial charge on any atom is 0.446 e. The van der Waals surface area contributed by atoms with Gasteiger partial charge in [-0.15, -0.1) is 22.7 Å². The number of aromatic nitrogens is 2. The summed E-state index contributed by atoms with van der Waals surface area (Å²) in [6.07, 6.45) is 0. The van der Waals surface area contributed by atoms with Crippen molar-refractivity contribution >= 4 is 79.9 Å². The molecule has 4 nitrogen and oxygen atoms in total. The van der Waals surface area contributed by atoms with E-state index in [1.807, 2.05) is 24.3 Å². The maximum atomic E-state index is 14.5. The van der Waals surface area contributed by atoms with Crippen molar-refractivity contribution in [1.82, 2.24) is 8.75 Å². The van der Waals surface area contributed by atoms with Gasteiger partial charge in [-0.3, -0.25) is 0 Å². The second-order valence-electron chi connectivity index (χ2n) is 9.16. The van der Waals surface area contributed by atoms with Gasteiger partial charge in [0.05, 0.1) is 28.0 Å². The fourth-order valence-electron chi connectivity index (χ4n) is 4.59. The lowest BCUT2D eigenvalue weighted by atomic mass is 10.0. The van der Waals surface area contributed by atoms with Crippen LogP contribution < -0.4 is 0 Å². The molecule has 0 unspecified atom stereocenters. The molecular formula is C28H13F5N4S5. The predicted octanol–water partition coefficient (Wildman–Crippen LogP) is 11.4. The van der Waals surface area contributed by atoms with Crippen LogP contribution in [0, 0.1) is 18.6 Å². The first kappa shape index (κ1) is 27.5. The minimum atomic E-state index is -4.58. The largest absolute Gasteiger partial charge is 0.446 e. The van der Waals surface area contributed by atoms with Gasteiger partial charge in [0.25, 0.3) is 0 Å². The fourth-order valence-corrected chi connectivity index (χ4v) is 8.35. The topological polar surface area (TPSA) is 50.5 Å². The Labute approximate surface area is 255 Å². The lowest BCUT2D eigenvalue weighted by molar-refractivity contribution is -0.0329. The summed E-state index contributed by atoms with van der Waals surface area (Å²) in [5, 5.41) is 0. The fraction of sp³-hybridized carbons (Fsp3) is 0.0714. The van der Waals surface area contributed by atoms with Gasteiger partial charge in [-0.05, 0) is 77.8 Å². The van der Waals surface area contributed by atoms with E-state index in [9.17, 15) is 22.0 Å². The molecule has 3 aromatic carbocycles. The molecule has 0 saturated heterocycles. The van der Waals surface area contributed by atoms with Crippen molar-refractivity contribution in [2.45, 2.75) is 17.3 Å². The van der Waals surface area contributed by atoms with E-state index in [1.165, 1.54) is 34.8 Å². The van der Waals surface area contributed by atoms with Crippen molar-refractivity contribution in [3.8, 4) is 41.8 Å². The molecule has 4 heterocycles. The van der Waals surface area contributed by atoms with Crippen molar-refractivity contribution in [3.63, 3.8) is 0 Å². The number of hydrogen-bond acceptors (Lipinski definition) is 8. The van der Waals surface area contributed by atoms with Gasteiger partial charge in [-0.2, -0.15) is 30.6 Å². The molecule has 0 amide bonds. The molecule has 0 fully saturated rings. The molecule has 7 rings (SSSR count). The van der Waals surface area contributed by atoms with E-state index >= 15 is 0 Å². The number of hydrogen-bond donors (Lipinski definition) is 0. The third kappa shape index (κ3) is 4.90. The van der Waals surface area contributed by atoms with Gasteiger partial charge in [0.1, 0.15) is 34.0 Å². The van der Waals surface area contributed by atoms with Crippen LogP contribution in [0.1, 0.15) is 5.56 Å². The molecule has 0 bridgehead atoms. The Morgan fingerprint density at radius 1 is 0.667 bits per heavy atom. The molecule has 1 aliphatic rings. The lowest BCUT2D eigenvalue weighted by Crippen LogP contribution is -2.00. The molecule has 0 saturated carbocycles. The van der Waals surface area contributed by atoms with Crippen LogP contribution in [-0.4, -0.2) is 14.3 Å². The summed E-state index contributed by atoms with van der Waals surface area (Å²) in [6, 6.07) is 16.5. The first-order chi connectivity index (χ1) is 20.2. The van der Waals surface area contributed by atoms with Crippen molar-refractivity contribution in [1.29, 1.82) is 0 Å². The van der Waals surface area contributed by atoms with Crippen LogP contribution in [0.15, 0.2) is 74.3 Å². The highest BCUT2D eigenvalue weighted by Crippen LogP contribution is 2.54. The third-order valence-corrected chi connectivity index (χ3v) is 10.7. The number of aryl methyl sites for hydroxylation is 1. The molecule has 210 valence electrons. The van der Waals surface area contributed by atoms with Crippen LogP contribution in [0.5, 0.6) is 0 Å². The summed E-state index contributed by atoms with van der Waals surface area (Å²) >= 11 is 4.51. The van der Waals surface area contributed by atoms with Crippen molar-refractivity contribution in [3.05, 3.63) is 77.9 Å². The zero-order valence-electron chi connectivity index (χ0n) is 21.0. The second-order valence-corrected chi connectivity index (χ2v) is 13.5. The number of thioether (sulfide) groups is 1. The molecule has 14 heteroatoms. The second kappa shape index (κ2) is 10.5. The van der Waals surface area contributed by atoms with Gasteiger partial charge >= 0.3 is 5.51 Å². The number of fused-ring (bicyclic) bond motifs is 2. The van der Waals surface area contributed by atoms with Crippen molar-refractivity contribution in [2.75, 3.05) is 0 Å². The van der Waals surface area contributed by atoms with Crippen LogP contribution in [0.3, 0.4) is 0 Å². The molecule has 0 radical (unpaired) electrons. The maximum absolute atomic E-state index is 14.5. The van der Waals surface area contributed by atoms with Gasteiger partial charge in [-0.25, -0.2) is 8.78 Å². The average molecular weight is 661 g/mol. The normalized spacial score (nSPS) is 12.7. The summed E-state index contributed by atoms with van der Waals surface area (Å²) in [7, 11) is 0. The number of thiophene rings is 2. The minimum absolute atomic E-state index is 0.266. The van der Waals surface area contributed by atoms with Gasteiger partial charge in [0.15, 0.2) is 0 Å². The standard InChI is InChI=1S/C28H13F5N4S5/c1-12-2-3-13(10-15(12)29)17-6-8-20(38-17)22-24-26(36-41-34-24)23(27-25(22)35-42-37-27)21-9-7-18(39-21)14-4-5-19(16(30)11-14)40-28(31,32)33/h2-11H,1H3. The number of nitrogens with zero attached hydrogens (tertiary/aromatic N) is 4. The van der Waals surface area contributed by atoms with E-state index in [4.69, 9.17) is 0 Å². The Morgan fingerprint density at radius 3 is 1.71 bits per heavy atom. The van der Waals surface area contributed by atoms with E-state index in [0.29, 0.717) is 38.4 Å². The van der Waals surface area contributed by atoms with Gasteiger partial charge in [0, 0.05) is 30.6 Å². The molecule has 6 aromatic rings. The number of alkyl halides is 3. The molecule has 0 aliphatic carbocycles. The minimum Gasteiger partial charge on any atom is -0.207 e. The summed E-state index contributed by atoms with van der Waals surface area (Å²) in [6.45, 7) is 1.72. The lowest BCUT2D eigenvalue weighted by Gasteiger charge is -2.10. The van der Waals surface area contributed by atoms with Crippen LogP contribution in [0.4, 0.5) is 33.3 Å². The van der Waals surface area contributed by atoms with E-state index < -0.39 is 28.0 Å². The van der Waals surface area contributed by atoms with Crippen LogP contribution in [0.25, 0.3) is 52.8 Å². The predicted molar refractivity (Wildman–Crippen MR) is 163 cm³/mol. The zero-order chi connectivity index (χ0) is 29.2. The van der Waals surface area contributed by atoms with Gasteiger partial charge in [0.2, 0.25) is 0 Å². The van der Waals surface area contributed by atoms with Crippen molar-refractivity contribution < 1.29 is 22.0 Å². The molecule has 0 atom stereocenters. The Balaban J connectivity index is 1.30. The highest BCUT2D eigenvalue weighted by atomic mass is 32.2. The van der Waals surface area contributed by atoms with E-state index in [-0.39, 0.29) is 5.82 Å². The smallest absolute Gasteiger partial charge is 0.207 e. The quantitative estimate of drug-likeness (QED) is 0.136. The first-order valence-corrected chi connectivity index (χ1v) is 16.0. The highest BCUT2D eigenvalue weighted by Gasteiger charge is 2.31. The zero-order valence-corrected chi connectivity index (χ0v) is 25.1. The summed E-state index contributed by atoms with van der Waals surface area (Å²) < 4.78 is 85.4. The average Bonchev–Trinajstić information content (AvgIpc) is 3.76. The Morgan fingerprint density at radius 2 is 1.19 bits per heavy atom. The number of rotatable bonds is 5. The number of benzene rings is 3. The third-order valence-electron chi connectivity index (χ3n) is 6.53. The Kier molecular flexibility index (Phi) is 6.85. The van der Waals surface area contributed by atoms with Crippen LogP contribution in [-0.2, 0) is 11.4 Å². The molecule has 42 heavy (non-hydrogen) atoms. The van der Waals surface area contributed by atoms with Gasteiger partial charge in [-0.1, -0.05) is 18.2 Å². The van der Waals surface area contributed by atoms with Crippen molar-refractivity contribution in [2.24, 2.45) is 8.73 Å². The molecular weight excluding hydrogens is 648 g/mol. The molecule has 3 aromatic heterocycles. The summed E-state index contributed by atoms with van der Waals surface area (Å²) in [5.74, 6) is -1.20. The van der Waals surface area contributed by atoms with E-state index in [0.717, 1.165) is 66.5 Å². The van der Waals surface area contributed by atoms with E-state index in [1.54, 1.807) is 19.1 Å². The summed E-state index contributed by atoms with van der Waals surface area (Å²) in [4.78, 5) is 2.79. The first-order valence-electron chi connectivity index (χ1n) is 12.1. The van der Waals surface area contributed by atoms with E-state index in [2.05, 4.69) is 17.5 Å². The Bertz CT molecular complexity index is 2100. The Hall–Kier alpha value is -3.30. The van der Waals surface area contributed by atoms with Crippen LogP contribution in [0.2, 0.25) is 0 Å².